The van der Waals surface area contributed by atoms with E-state index in [-0.39, 0.29) is 30.6 Å². The van der Waals surface area contributed by atoms with Gasteiger partial charge in [0.2, 0.25) is 5.88 Å². The van der Waals surface area contributed by atoms with Crippen LogP contribution in [0.3, 0.4) is 0 Å². The Morgan fingerprint density at radius 3 is 2.76 bits per heavy atom. The third-order valence-electron chi connectivity index (χ3n) is 4.06. The van der Waals surface area contributed by atoms with Crippen molar-refractivity contribution in [2.75, 3.05) is 59.1 Å². The highest BCUT2D eigenvalue weighted by molar-refractivity contribution is 14.0. The van der Waals surface area contributed by atoms with Crippen molar-refractivity contribution in [3.8, 4) is 5.88 Å². The lowest BCUT2D eigenvalue weighted by Gasteiger charge is -2.26. The van der Waals surface area contributed by atoms with Gasteiger partial charge in [-0.25, -0.2) is 4.98 Å². The van der Waals surface area contributed by atoms with Crippen LogP contribution in [0, 0.1) is 0 Å². The Hall–Kier alpha value is -1.34. The quantitative estimate of drug-likeness (QED) is 0.221. The topological polar surface area (TPSA) is 71.0 Å². The number of aliphatic imine (C=N–C) groups is 1. The summed E-state index contributed by atoms with van der Waals surface area (Å²) in [5.74, 6) is 0.203. The maximum atomic E-state index is 12.9. The van der Waals surface area contributed by atoms with E-state index in [1.54, 1.807) is 0 Å². The Bertz CT molecular complexity index is 613. The fourth-order valence-corrected chi connectivity index (χ4v) is 2.69. The molecule has 11 heteroatoms. The number of nitrogens with one attached hydrogen (secondary N) is 2. The van der Waals surface area contributed by atoms with E-state index < -0.39 is 17.6 Å². The first-order valence-electron chi connectivity index (χ1n) is 9.48. The summed E-state index contributed by atoms with van der Waals surface area (Å²) in [5.41, 5.74) is -0.876. The molecular formula is C18H29F3IN5O2. The van der Waals surface area contributed by atoms with Crippen molar-refractivity contribution in [1.82, 2.24) is 20.5 Å². The number of guanidine groups is 1. The smallest absolute Gasteiger partial charge is 0.421 e. The van der Waals surface area contributed by atoms with Crippen LogP contribution in [0.4, 0.5) is 13.2 Å². The number of pyridine rings is 1. The molecule has 1 aromatic rings. The Morgan fingerprint density at radius 2 is 2.07 bits per heavy atom. The predicted molar refractivity (Wildman–Crippen MR) is 116 cm³/mol. The molecule has 0 unspecified atom stereocenters. The average molecular weight is 531 g/mol. The van der Waals surface area contributed by atoms with Gasteiger partial charge in [0.05, 0.1) is 19.8 Å². The van der Waals surface area contributed by atoms with Gasteiger partial charge in [-0.1, -0.05) is 0 Å². The lowest BCUT2D eigenvalue weighted by Crippen LogP contribution is -2.40. The molecule has 2 N–H and O–H groups in total. The van der Waals surface area contributed by atoms with E-state index in [2.05, 4.69) is 25.5 Å². The van der Waals surface area contributed by atoms with Crippen molar-refractivity contribution in [1.29, 1.82) is 0 Å². The molecule has 166 valence electrons. The molecule has 0 saturated carbocycles. The van der Waals surface area contributed by atoms with E-state index in [0.29, 0.717) is 25.6 Å². The zero-order valence-electron chi connectivity index (χ0n) is 16.5. The van der Waals surface area contributed by atoms with Crippen LogP contribution in [0.15, 0.2) is 23.3 Å². The van der Waals surface area contributed by atoms with Crippen molar-refractivity contribution < 1.29 is 22.6 Å². The highest BCUT2D eigenvalue weighted by Crippen LogP contribution is 2.34. The minimum absolute atomic E-state index is 0. The molecule has 0 bridgehead atoms. The summed E-state index contributed by atoms with van der Waals surface area (Å²) in [6, 6.07) is 2.19. The van der Waals surface area contributed by atoms with E-state index in [1.807, 2.05) is 6.92 Å². The van der Waals surface area contributed by atoms with E-state index in [4.69, 9.17) is 9.47 Å². The summed E-state index contributed by atoms with van der Waals surface area (Å²) < 4.78 is 49.3. The molecule has 0 spiro atoms. The first-order chi connectivity index (χ1) is 13.5. The molecule has 0 radical (unpaired) electrons. The molecule has 2 heterocycles. The number of hydrogen-bond donors (Lipinski definition) is 2. The summed E-state index contributed by atoms with van der Waals surface area (Å²) in [4.78, 5) is 10.5. The Kier molecular flexibility index (Phi) is 12.2. The Balaban J connectivity index is 0.00000420. The van der Waals surface area contributed by atoms with Gasteiger partial charge >= 0.3 is 6.18 Å². The first-order valence-corrected chi connectivity index (χ1v) is 9.48. The number of ether oxygens (including phenoxy) is 2. The minimum Gasteiger partial charge on any atom is -0.475 e. The fraction of sp³-hybridized carbons (Fsp3) is 0.667. The van der Waals surface area contributed by atoms with Crippen LogP contribution in [0.25, 0.3) is 0 Å². The predicted octanol–water partition coefficient (Wildman–Crippen LogP) is 2.37. The van der Waals surface area contributed by atoms with E-state index >= 15 is 0 Å². The van der Waals surface area contributed by atoms with Crippen molar-refractivity contribution in [3.63, 3.8) is 0 Å². The summed E-state index contributed by atoms with van der Waals surface area (Å²) in [6.45, 7) is 8.07. The summed E-state index contributed by atoms with van der Waals surface area (Å²) in [5, 5.41) is 6.17. The SMILES string of the molecule is CCNC(=NCCCN1CCOCC1)NCCOc1ncccc1C(F)(F)F.I. The summed E-state index contributed by atoms with van der Waals surface area (Å²) >= 11 is 0. The monoisotopic (exact) mass is 531 g/mol. The van der Waals surface area contributed by atoms with Crippen LogP contribution in [0.5, 0.6) is 5.88 Å². The number of halogens is 4. The van der Waals surface area contributed by atoms with Crippen LogP contribution in [0.2, 0.25) is 0 Å². The van der Waals surface area contributed by atoms with E-state index in [1.165, 1.54) is 12.3 Å². The van der Waals surface area contributed by atoms with Gasteiger partial charge < -0.3 is 20.1 Å². The molecule has 1 aliphatic rings. The lowest BCUT2D eigenvalue weighted by atomic mass is 10.2. The van der Waals surface area contributed by atoms with Crippen LogP contribution in [-0.2, 0) is 10.9 Å². The molecule has 2 rings (SSSR count). The van der Waals surface area contributed by atoms with Crippen LogP contribution in [0.1, 0.15) is 18.9 Å². The maximum absolute atomic E-state index is 12.9. The van der Waals surface area contributed by atoms with Crippen molar-refractivity contribution in [3.05, 3.63) is 23.9 Å². The normalized spacial score (nSPS) is 15.5. The zero-order valence-corrected chi connectivity index (χ0v) is 18.8. The Morgan fingerprint density at radius 1 is 1.31 bits per heavy atom. The maximum Gasteiger partial charge on any atom is 0.421 e. The molecule has 0 aliphatic carbocycles. The van der Waals surface area contributed by atoms with Gasteiger partial charge in [0.25, 0.3) is 0 Å². The molecule has 0 amide bonds. The van der Waals surface area contributed by atoms with Crippen LogP contribution in [-0.4, -0.2) is 74.9 Å². The van der Waals surface area contributed by atoms with Crippen molar-refractivity contribution >= 4 is 29.9 Å². The second-order valence-corrected chi connectivity index (χ2v) is 6.20. The van der Waals surface area contributed by atoms with Gasteiger partial charge in [-0.2, -0.15) is 13.2 Å². The summed E-state index contributed by atoms with van der Waals surface area (Å²) in [6.07, 6.45) is -2.29. The van der Waals surface area contributed by atoms with Gasteiger partial charge in [0, 0.05) is 38.9 Å². The minimum atomic E-state index is -4.49. The number of rotatable bonds is 9. The molecule has 1 saturated heterocycles. The number of morpholine rings is 1. The van der Waals surface area contributed by atoms with E-state index in [9.17, 15) is 13.2 Å². The second-order valence-electron chi connectivity index (χ2n) is 6.20. The first kappa shape index (κ1) is 25.7. The van der Waals surface area contributed by atoms with Gasteiger partial charge in [-0.15, -0.1) is 24.0 Å². The van der Waals surface area contributed by atoms with Gasteiger partial charge in [-0.05, 0) is 25.5 Å². The molecule has 0 atom stereocenters. The van der Waals surface area contributed by atoms with Gasteiger partial charge in [-0.3, -0.25) is 9.89 Å². The number of alkyl halides is 3. The molecule has 7 nitrogen and oxygen atoms in total. The largest absolute Gasteiger partial charge is 0.475 e. The second kappa shape index (κ2) is 13.8. The average Bonchev–Trinajstić information content (AvgIpc) is 2.68. The molecule has 29 heavy (non-hydrogen) atoms. The lowest BCUT2D eigenvalue weighted by molar-refractivity contribution is -0.139. The van der Waals surface area contributed by atoms with Crippen molar-refractivity contribution in [2.45, 2.75) is 19.5 Å². The molecule has 1 aliphatic heterocycles. The number of hydrogen-bond acceptors (Lipinski definition) is 5. The van der Waals surface area contributed by atoms with Crippen LogP contribution >= 0.6 is 24.0 Å². The van der Waals surface area contributed by atoms with Gasteiger partial charge in [0.1, 0.15) is 12.2 Å². The number of nitrogens with zero attached hydrogens (tertiary/aromatic N) is 3. The standard InChI is InChI=1S/C18H28F3N5O2.HI/c1-2-22-17(24-7-4-9-26-10-13-27-14-11-26)25-8-12-28-16-15(18(19,20)21)5-3-6-23-16;/h3,5-6H,2,4,7-14H2,1H3,(H2,22,24,25);1H. The highest BCUT2D eigenvalue weighted by Gasteiger charge is 2.34. The number of aromatic nitrogens is 1. The fourth-order valence-electron chi connectivity index (χ4n) is 2.69. The third-order valence-corrected chi connectivity index (χ3v) is 4.06. The molecular weight excluding hydrogens is 502 g/mol. The Labute approximate surface area is 186 Å². The third kappa shape index (κ3) is 9.81. The van der Waals surface area contributed by atoms with Crippen molar-refractivity contribution in [2.24, 2.45) is 4.99 Å². The zero-order chi connectivity index (χ0) is 20.2. The molecule has 1 aromatic heterocycles. The van der Waals surface area contributed by atoms with E-state index in [0.717, 1.165) is 45.3 Å². The summed E-state index contributed by atoms with van der Waals surface area (Å²) in [7, 11) is 0. The van der Waals surface area contributed by atoms with Crippen LogP contribution < -0.4 is 15.4 Å². The molecule has 1 fully saturated rings. The molecule has 0 aromatic carbocycles. The van der Waals surface area contributed by atoms with Gasteiger partial charge in [0.15, 0.2) is 5.96 Å². The highest BCUT2D eigenvalue weighted by atomic mass is 127.